The molecule has 0 spiro atoms. The van der Waals surface area contributed by atoms with E-state index in [2.05, 4.69) is 38.7 Å². The zero-order chi connectivity index (χ0) is 8.39. The first-order chi connectivity index (χ1) is 5.86. The van der Waals surface area contributed by atoms with Crippen LogP contribution in [-0.4, -0.2) is 19.1 Å². The van der Waals surface area contributed by atoms with Crippen molar-refractivity contribution in [3.05, 3.63) is 28.7 Å². The third-order valence-electron chi connectivity index (χ3n) is 2.01. The highest BCUT2D eigenvalue weighted by Crippen LogP contribution is 2.22. The summed E-state index contributed by atoms with van der Waals surface area (Å²) in [6.45, 7) is 2.14. The van der Waals surface area contributed by atoms with Crippen LogP contribution in [0.4, 0.5) is 5.69 Å². The van der Waals surface area contributed by atoms with Gasteiger partial charge in [0, 0.05) is 23.2 Å². The summed E-state index contributed by atoms with van der Waals surface area (Å²) in [6.07, 6.45) is 0. The lowest BCUT2D eigenvalue weighted by atomic mass is 10.1. The lowest BCUT2D eigenvalue weighted by molar-refractivity contribution is 0.472. The van der Waals surface area contributed by atoms with Crippen LogP contribution in [0.1, 0.15) is 0 Å². The van der Waals surface area contributed by atoms with Gasteiger partial charge in [-0.2, -0.15) is 0 Å². The predicted octanol–water partition coefficient (Wildman–Crippen LogP) is 1.83. The van der Waals surface area contributed by atoms with Gasteiger partial charge in [-0.05, 0) is 28.1 Å². The van der Waals surface area contributed by atoms with Gasteiger partial charge in [0.1, 0.15) is 0 Å². The highest BCUT2D eigenvalue weighted by molar-refractivity contribution is 9.10. The van der Waals surface area contributed by atoms with Crippen LogP contribution in [0.3, 0.4) is 0 Å². The average Bonchev–Trinajstić information content (AvgIpc) is 2.00. The molecule has 2 rings (SSSR count). The van der Waals surface area contributed by atoms with Gasteiger partial charge in [-0.3, -0.25) is 0 Å². The van der Waals surface area contributed by atoms with Crippen LogP contribution < -0.4 is 10.6 Å². The Bertz CT molecular complexity index is 271. The molecule has 0 radical (unpaired) electrons. The highest BCUT2D eigenvalue weighted by Gasteiger charge is 2.16. The average molecular weight is 227 g/mol. The Hall–Kier alpha value is -0.540. The molecule has 1 fully saturated rings. The molecule has 1 saturated heterocycles. The summed E-state index contributed by atoms with van der Waals surface area (Å²) >= 11 is 3.50. The summed E-state index contributed by atoms with van der Waals surface area (Å²) in [4.78, 5) is 0. The fourth-order valence-corrected chi connectivity index (χ4v) is 1.59. The van der Waals surface area contributed by atoms with Crippen molar-refractivity contribution in [2.24, 2.45) is 0 Å². The molecular weight excluding hydrogens is 216 g/mol. The molecule has 0 aromatic heterocycles. The smallest absolute Gasteiger partial charge is 0.0510 e. The van der Waals surface area contributed by atoms with Gasteiger partial charge in [-0.25, -0.2) is 0 Å². The topological polar surface area (TPSA) is 24.1 Å². The minimum absolute atomic E-state index is 0.601. The second kappa shape index (κ2) is 3.46. The van der Waals surface area contributed by atoms with Crippen LogP contribution in [0.15, 0.2) is 28.7 Å². The van der Waals surface area contributed by atoms with E-state index in [0.29, 0.717) is 6.04 Å². The number of anilines is 1. The number of halogens is 1. The molecule has 1 aromatic carbocycles. The molecule has 3 heteroatoms. The minimum atomic E-state index is 0.601. The van der Waals surface area contributed by atoms with Gasteiger partial charge in [-0.1, -0.05) is 12.1 Å². The monoisotopic (exact) mass is 226 g/mol. The summed E-state index contributed by atoms with van der Waals surface area (Å²) in [7, 11) is 0. The number of para-hydroxylation sites is 1. The lowest BCUT2D eigenvalue weighted by Gasteiger charge is -2.29. The molecule has 12 heavy (non-hydrogen) atoms. The quantitative estimate of drug-likeness (QED) is 0.805. The van der Waals surface area contributed by atoms with Crippen molar-refractivity contribution in [3.8, 4) is 0 Å². The molecule has 0 unspecified atom stereocenters. The Kier molecular flexibility index (Phi) is 2.33. The molecule has 0 atom stereocenters. The fraction of sp³-hybridized carbons (Fsp3) is 0.333. The van der Waals surface area contributed by atoms with E-state index in [-0.39, 0.29) is 0 Å². The van der Waals surface area contributed by atoms with Gasteiger partial charge in [-0.15, -0.1) is 0 Å². The lowest BCUT2D eigenvalue weighted by Crippen LogP contribution is -2.51. The number of hydrogen-bond donors (Lipinski definition) is 2. The van der Waals surface area contributed by atoms with E-state index < -0.39 is 0 Å². The van der Waals surface area contributed by atoms with E-state index >= 15 is 0 Å². The van der Waals surface area contributed by atoms with E-state index in [4.69, 9.17) is 0 Å². The van der Waals surface area contributed by atoms with Crippen molar-refractivity contribution in [1.82, 2.24) is 5.32 Å². The van der Waals surface area contributed by atoms with Crippen LogP contribution in [0.5, 0.6) is 0 Å². The molecule has 2 N–H and O–H groups in total. The molecule has 0 bridgehead atoms. The third kappa shape index (κ3) is 1.62. The molecule has 1 aliphatic heterocycles. The Morgan fingerprint density at radius 2 is 2.08 bits per heavy atom. The number of benzene rings is 1. The van der Waals surface area contributed by atoms with Crippen molar-refractivity contribution in [1.29, 1.82) is 0 Å². The molecule has 1 aliphatic rings. The normalized spacial score (nSPS) is 17.1. The van der Waals surface area contributed by atoms with Crippen LogP contribution in [0.2, 0.25) is 0 Å². The van der Waals surface area contributed by atoms with Gasteiger partial charge in [0.15, 0.2) is 0 Å². The Morgan fingerprint density at radius 3 is 2.67 bits per heavy atom. The zero-order valence-corrected chi connectivity index (χ0v) is 8.26. The maximum atomic E-state index is 3.50. The van der Waals surface area contributed by atoms with Crippen LogP contribution in [-0.2, 0) is 0 Å². The molecule has 0 amide bonds. The number of nitrogens with one attached hydrogen (secondary N) is 2. The van der Waals surface area contributed by atoms with E-state index in [0.717, 1.165) is 17.6 Å². The second-order valence-electron chi connectivity index (χ2n) is 2.98. The Morgan fingerprint density at radius 1 is 1.33 bits per heavy atom. The zero-order valence-electron chi connectivity index (χ0n) is 6.68. The number of rotatable bonds is 2. The highest BCUT2D eigenvalue weighted by atomic mass is 79.9. The van der Waals surface area contributed by atoms with Gasteiger partial charge in [0.25, 0.3) is 0 Å². The number of hydrogen-bond acceptors (Lipinski definition) is 2. The Labute approximate surface area is 80.5 Å². The second-order valence-corrected chi connectivity index (χ2v) is 3.83. The van der Waals surface area contributed by atoms with E-state index in [9.17, 15) is 0 Å². The summed E-state index contributed by atoms with van der Waals surface area (Å²) in [5, 5.41) is 6.66. The van der Waals surface area contributed by atoms with Crippen LogP contribution in [0.25, 0.3) is 0 Å². The predicted molar refractivity (Wildman–Crippen MR) is 54.4 cm³/mol. The summed E-state index contributed by atoms with van der Waals surface area (Å²) in [6, 6.07) is 8.80. The van der Waals surface area contributed by atoms with Gasteiger partial charge in [0.05, 0.1) is 6.04 Å². The van der Waals surface area contributed by atoms with Crippen LogP contribution >= 0.6 is 15.9 Å². The molecular formula is C9H11BrN2. The van der Waals surface area contributed by atoms with E-state index in [1.165, 1.54) is 5.69 Å². The molecule has 0 aliphatic carbocycles. The maximum absolute atomic E-state index is 3.50. The SMILES string of the molecule is Brc1ccccc1NC1CNC1. The first-order valence-electron chi connectivity index (χ1n) is 4.08. The Balaban J connectivity index is 2.06. The fourth-order valence-electron chi connectivity index (χ4n) is 1.19. The molecule has 1 aromatic rings. The largest absolute Gasteiger partial charge is 0.379 e. The third-order valence-corrected chi connectivity index (χ3v) is 2.71. The first-order valence-corrected chi connectivity index (χ1v) is 4.87. The first kappa shape index (κ1) is 8.08. The van der Waals surface area contributed by atoms with Crippen molar-refractivity contribution >= 4 is 21.6 Å². The maximum Gasteiger partial charge on any atom is 0.0510 e. The summed E-state index contributed by atoms with van der Waals surface area (Å²) < 4.78 is 1.14. The molecule has 0 saturated carbocycles. The van der Waals surface area contributed by atoms with Gasteiger partial charge in [0.2, 0.25) is 0 Å². The van der Waals surface area contributed by atoms with Gasteiger partial charge >= 0.3 is 0 Å². The van der Waals surface area contributed by atoms with Crippen molar-refractivity contribution < 1.29 is 0 Å². The van der Waals surface area contributed by atoms with E-state index in [1.807, 2.05) is 12.1 Å². The van der Waals surface area contributed by atoms with Crippen molar-refractivity contribution in [3.63, 3.8) is 0 Å². The summed E-state index contributed by atoms with van der Waals surface area (Å²) in [5.74, 6) is 0. The van der Waals surface area contributed by atoms with Crippen molar-refractivity contribution in [2.75, 3.05) is 18.4 Å². The molecule has 2 nitrogen and oxygen atoms in total. The van der Waals surface area contributed by atoms with Crippen molar-refractivity contribution in [2.45, 2.75) is 6.04 Å². The molecule has 64 valence electrons. The minimum Gasteiger partial charge on any atom is -0.379 e. The molecule has 1 heterocycles. The summed E-state index contributed by atoms with van der Waals surface area (Å²) in [5.41, 5.74) is 1.18. The van der Waals surface area contributed by atoms with Crippen LogP contribution in [0, 0.1) is 0 Å². The van der Waals surface area contributed by atoms with E-state index in [1.54, 1.807) is 0 Å². The van der Waals surface area contributed by atoms with Gasteiger partial charge < -0.3 is 10.6 Å². The standard InChI is InChI=1S/C9H11BrN2/c10-8-3-1-2-4-9(8)12-7-5-11-6-7/h1-4,7,11-12H,5-6H2.